The summed E-state index contributed by atoms with van der Waals surface area (Å²) in [6, 6.07) is 15.4. The molecule has 0 saturated carbocycles. The Morgan fingerprint density at radius 1 is 1.12 bits per heavy atom. The van der Waals surface area contributed by atoms with E-state index in [1.165, 1.54) is 18.6 Å². The number of benzene rings is 2. The number of rotatable bonds is 5. The third-order valence-electron chi connectivity index (χ3n) is 3.80. The lowest BCUT2D eigenvalue weighted by atomic mass is 9.93. The SMILES string of the molecule is CCN(C)Cc1ccccc1.C[C@@](O)(CC#N)c1ccc(F)c(F)c1. The van der Waals surface area contributed by atoms with Crippen molar-refractivity contribution in [3.05, 3.63) is 71.3 Å². The van der Waals surface area contributed by atoms with Gasteiger partial charge in [0, 0.05) is 6.54 Å². The van der Waals surface area contributed by atoms with E-state index in [0.29, 0.717) is 0 Å². The molecule has 0 aliphatic rings. The monoisotopic (exact) mass is 346 g/mol. The number of aliphatic hydroxyl groups is 1. The van der Waals surface area contributed by atoms with Gasteiger partial charge in [-0.3, -0.25) is 0 Å². The summed E-state index contributed by atoms with van der Waals surface area (Å²) in [5.74, 6) is -2.00. The minimum atomic E-state index is -1.44. The van der Waals surface area contributed by atoms with E-state index in [1.807, 2.05) is 0 Å². The van der Waals surface area contributed by atoms with E-state index in [4.69, 9.17) is 5.26 Å². The Bertz CT molecular complexity index is 697. The Kier molecular flexibility index (Phi) is 8.20. The quantitative estimate of drug-likeness (QED) is 0.881. The zero-order chi connectivity index (χ0) is 18.9. The Hall–Kier alpha value is -2.29. The van der Waals surface area contributed by atoms with Crippen molar-refractivity contribution >= 4 is 0 Å². The third-order valence-corrected chi connectivity index (χ3v) is 3.80. The lowest BCUT2D eigenvalue weighted by Gasteiger charge is -2.20. The van der Waals surface area contributed by atoms with Crippen LogP contribution in [-0.2, 0) is 12.1 Å². The molecule has 0 fully saturated rings. The molecule has 0 unspecified atom stereocenters. The molecule has 134 valence electrons. The van der Waals surface area contributed by atoms with E-state index in [1.54, 1.807) is 6.07 Å². The van der Waals surface area contributed by atoms with Crippen molar-refractivity contribution in [1.82, 2.24) is 4.90 Å². The van der Waals surface area contributed by atoms with Crippen LogP contribution < -0.4 is 0 Å². The van der Waals surface area contributed by atoms with Crippen molar-refractivity contribution < 1.29 is 13.9 Å². The van der Waals surface area contributed by atoms with E-state index in [9.17, 15) is 13.9 Å². The molecule has 0 aliphatic heterocycles. The maximum Gasteiger partial charge on any atom is 0.159 e. The van der Waals surface area contributed by atoms with Crippen LogP contribution in [0.25, 0.3) is 0 Å². The largest absolute Gasteiger partial charge is 0.384 e. The first-order chi connectivity index (χ1) is 11.8. The van der Waals surface area contributed by atoms with Gasteiger partial charge in [-0.25, -0.2) is 8.78 Å². The molecular formula is C20H24F2N2O. The highest BCUT2D eigenvalue weighted by Crippen LogP contribution is 2.25. The van der Waals surface area contributed by atoms with Crippen LogP contribution in [0.2, 0.25) is 0 Å². The second-order valence-electron chi connectivity index (χ2n) is 6.05. The van der Waals surface area contributed by atoms with Gasteiger partial charge in [-0.1, -0.05) is 43.3 Å². The van der Waals surface area contributed by atoms with Crippen LogP contribution in [0.15, 0.2) is 48.5 Å². The van der Waals surface area contributed by atoms with Gasteiger partial charge in [0.25, 0.3) is 0 Å². The summed E-state index contributed by atoms with van der Waals surface area (Å²) in [6.07, 6.45) is -0.169. The predicted molar refractivity (Wildman–Crippen MR) is 94.6 cm³/mol. The van der Waals surface area contributed by atoms with Gasteiger partial charge in [0.05, 0.1) is 18.1 Å². The first-order valence-corrected chi connectivity index (χ1v) is 8.07. The number of hydrogen-bond donors (Lipinski definition) is 1. The van der Waals surface area contributed by atoms with Crippen LogP contribution in [0.3, 0.4) is 0 Å². The van der Waals surface area contributed by atoms with Crippen LogP contribution in [0.4, 0.5) is 8.78 Å². The highest BCUT2D eigenvalue weighted by molar-refractivity contribution is 5.24. The maximum absolute atomic E-state index is 12.8. The molecule has 0 aliphatic carbocycles. The number of nitrogens with zero attached hydrogens (tertiary/aromatic N) is 2. The molecule has 0 aromatic heterocycles. The molecule has 0 heterocycles. The fourth-order valence-corrected chi connectivity index (χ4v) is 2.09. The summed E-state index contributed by atoms with van der Waals surface area (Å²) in [6.45, 7) is 5.71. The number of nitriles is 1. The van der Waals surface area contributed by atoms with E-state index >= 15 is 0 Å². The fourth-order valence-electron chi connectivity index (χ4n) is 2.09. The molecule has 25 heavy (non-hydrogen) atoms. The molecule has 2 aromatic carbocycles. The molecule has 3 nitrogen and oxygen atoms in total. The summed E-state index contributed by atoms with van der Waals surface area (Å²) in [5.41, 5.74) is 0.137. The second-order valence-corrected chi connectivity index (χ2v) is 6.05. The normalized spacial score (nSPS) is 12.7. The molecule has 2 aromatic rings. The highest BCUT2D eigenvalue weighted by Gasteiger charge is 2.23. The van der Waals surface area contributed by atoms with Crippen molar-refractivity contribution in [2.45, 2.75) is 32.4 Å². The molecule has 0 amide bonds. The van der Waals surface area contributed by atoms with Crippen LogP contribution >= 0.6 is 0 Å². The Morgan fingerprint density at radius 2 is 1.76 bits per heavy atom. The Labute approximate surface area is 148 Å². The summed E-state index contributed by atoms with van der Waals surface area (Å²) < 4.78 is 25.3. The Morgan fingerprint density at radius 3 is 2.28 bits per heavy atom. The summed E-state index contributed by atoms with van der Waals surface area (Å²) in [5, 5.41) is 18.1. The summed E-state index contributed by atoms with van der Waals surface area (Å²) in [7, 11) is 2.13. The summed E-state index contributed by atoms with van der Waals surface area (Å²) in [4.78, 5) is 2.29. The minimum absolute atomic E-state index is 0.169. The standard InChI is InChI=1S/C10H9F2NO.C10H15N/c1-10(14,4-5-13)7-2-3-8(11)9(12)6-7;1-3-11(2)9-10-7-5-4-6-8-10/h2-3,6,14H,4H2,1H3;4-8H,3,9H2,1-2H3/t10-;/m1./s1. The van der Waals surface area contributed by atoms with Gasteiger partial charge in [0.2, 0.25) is 0 Å². The predicted octanol–water partition coefficient (Wildman–Crippen LogP) is 4.22. The lowest BCUT2D eigenvalue weighted by molar-refractivity contribution is 0.0619. The molecular weight excluding hydrogens is 322 g/mol. The van der Waals surface area contributed by atoms with Crippen molar-refractivity contribution in [3.8, 4) is 6.07 Å². The van der Waals surface area contributed by atoms with Gasteiger partial charge in [-0.2, -0.15) is 5.26 Å². The molecule has 0 saturated heterocycles. The molecule has 1 N–H and O–H groups in total. The van der Waals surface area contributed by atoms with Crippen molar-refractivity contribution in [3.63, 3.8) is 0 Å². The van der Waals surface area contributed by atoms with E-state index in [2.05, 4.69) is 49.2 Å². The second kappa shape index (κ2) is 9.87. The topological polar surface area (TPSA) is 47.3 Å². The Balaban J connectivity index is 0.000000257. The molecule has 0 bridgehead atoms. The smallest absolute Gasteiger partial charge is 0.159 e. The van der Waals surface area contributed by atoms with Gasteiger partial charge < -0.3 is 10.0 Å². The average molecular weight is 346 g/mol. The average Bonchev–Trinajstić information content (AvgIpc) is 2.58. The molecule has 0 radical (unpaired) electrons. The van der Waals surface area contributed by atoms with Gasteiger partial charge in [0.15, 0.2) is 11.6 Å². The maximum atomic E-state index is 12.8. The minimum Gasteiger partial charge on any atom is -0.384 e. The van der Waals surface area contributed by atoms with Gasteiger partial charge >= 0.3 is 0 Å². The molecule has 0 spiro atoms. The zero-order valence-electron chi connectivity index (χ0n) is 14.8. The van der Waals surface area contributed by atoms with Gasteiger partial charge in [0.1, 0.15) is 0 Å². The number of hydrogen-bond acceptors (Lipinski definition) is 3. The first-order valence-electron chi connectivity index (χ1n) is 8.07. The van der Waals surface area contributed by atoms with Crippen LogP contribution in [0, 0.1) is 23.0 Å². The van der Waals surface area contributed by atoms with Crippen molar-refractivity contribution in [1.29, 1.82) is 5.26 Å². The highest BCUT2D eigenvalue weighted by atomic mass is 19.2. The van der Waals surface area contributed by atoms with Crippen LogP contribution in [0.1, 0.15) is 31.4 Å². The fraction of sp³-hybridized carbons (Fsp3) is 0.350. The first kappa shape index (κ1) is 20.8. The van der Waals surface area contributed by atoms with Crippen molar-refractivity contribution in [2.24, 2.45) is 0 Å². The molecule has 1 atom stereocenters. The van der Waals surface area contributed by atoms with Crippen LogP contribution in [0.5, 0.6) is 0 Å². The zero-order valence-corrected chi connectivity index (χ0v) is 14.8. The number of halogens is 2. The lowest BCUT2D eigenvalue weighted by Crippen LogP contribution is -2.20. The van der Waals surface area contributed by atoms with Gasteiger partial charge in [-0.05, 0) is 43.8 Å². The van der Waals surface area contributed by atoms with E-state index < -0.39 is 17.2 Å². The van der Waals surface area contributed by atoms with Crippen molar-refractivity contribution in [2.75, 3.05) is 13.6 Å². The van der Waals surface area contributed by atoms with E-state index in [0.717, 1.165) is 25.2 Å². The third kappa shape index (κ3) is 7.00. The van der Waals surface area contributed by atoms with Crippen LogP contribution in [-0.4, -0.2) is 23.6 Å². The van der Waals surface area contributed by atoms with E-state index in [-0.39, 0.29) is 12.0 Å². The summed E-state index contributed by atoms with van der Waals surface area (Å²) >= 11 is 0. The molecule has 5 heteroatoms. The van der Waals surface area contributed by atoms with Gasteiger partial charge in [-0.15, -0.1) is 0 Å². The molecule has 2 rings (SSSR count).